The third-order valence-corrected chi connectivity index (χ3v) is 4.19. The monoisotopic (exact) mass is 332 g/mol. The van der Waals surface area contributed by atoms with Crippen molar-refractivity contribution in [2.24, 2.45) is 5.92 Å². The third-order valence-electron chi connectivity index (χ3n) is 4.19. The minimum absolute atomic E-state index is 0.0680. The van der Waals surface area contributed by atoms with Crippen LogP contribution in [0, 0.1) is 5.92 Å². The first-order valence-corrected chi connectivity index (χ1v) is 8.12. The summed E-state index contributed by atoms with van der Waals surface area (Å²) < 4.78 is 0. The summed E-state index contributed by atoms with van der Waals surface area (Å²) in [6.07, 6.45) is 0.789. The highest BCUT2D eigenvalue weighted by atomic mass is 16.4. The Hall–Kier alpha value is -2.37. The number of carbonyl (C=O) groups excluding carboxylic acids is 2. The molecule has 0 bridgehead atoms. The molecule has 0 aromatic heterocycles. The van der Waals surface area contributed by atoms with Crippen LogP contribution in [0.25, 0.3) is 0 Å². The second-order valence-corrected chi connectivity index (χ2v) is 6.70. The van der Waals surface area contributed by atoms with E-state index in [0.717, 1.165) is 11.1 Å². The molecule has 1 atom stereocenters. The smallest absolute Gasteiger partial charge is 0.323 e. The molecular weight excluding hydrogens is 308 g/mol. The molecule has 1 aliphatic rings. The van der Waals surface area contributed by atoms with Crippen molar-refractivity contribution in [3.8, 4) is 0 Å². The van der Waals surface area contributed by atoms with E-state index in [9.17, 15) is 14.4 Å². The maximum Gasteiger partial charge on any atom is 0.323 e. The molecule has 130 valence electrons. The maximum atomic E-state index is 12.7. The lowest BCUT2D eigenvalue weighted by Gasteiger charge is -2.38. The standard InChI is InChI=1S/C18H24N2O4/c1-12(2)8-16(21)20-10-14-7-5-4-6-13(14)9-15(20)18(24)19(3)11-17(22)23/h4-7,12,15H,8-11H2,1-3H3,(H,22,23). The molecule has 2 rings (SSSR count). The second-order valence-electron chi connectivity index (χ2n) is 6.70. The molecule has 2 amide bonds. The molecule has 6 heteroatoms. The Labute approximate surface area is 142 Å². The van der Waals surface area contributed by atoms with Gasteiger partial charge in [0.15, 0.2) is 0 Å². The number of carboxylic acids is 1. The molecule has 0 fully saturated rings. The molecule has 1 aliphatic heterocycles. The lowest BCUT2D eigenvalue weighted by Crippen LogP contribution is -2.53. The summed E-state index contributed by atoms with van der Waals surface area (Å²) in [5.74, 6) is -1.27. The van der Waals surface area contributed by atoms with Gasteiger partial charge in [-0.05, 0) is 17.0 Å². The van der Waals surface area contributed by atoms with Gasteiger partial charge in [-0.15, -0.1) is 0 Å². The Bertz CT molecular complexity index is 642. The fourth-order valence-corrected chi connectivity index (χ4v) is 3.01. The van der Waals surface area contributed by atoms with Crippen molar-refractivity contribution in [1.82, 2.24) is 9.80 Å². The normalized spacial score (nSPS) is 16.7. The van der Waals surface area contributed by atoms with Crippen molar-refractivity contribution in [2.75, 3.05) is 13.6 Å². The topological polar surface area (TPSA) is 77.9 Å². The Morgan fingerprint density at radius 3 is 2.46 bits per heavy atom. The average molecular weight is 332 g/mol. The van der Waals surface area contributed by atoms with Crippen LogP contribution in [0.5, 0.6) is 0 Å². The molecule has 0 aliphatic carbocycles. The molecule has 0 spiro atoms. The number of carbonyl (C=O) groups is 3. The van der Waals surface area contributed by atoms with E-state index in [4.69, 9.17) is 5.11 Å². The molecule has 0 saturated heterocycles. The zero-order valence-electron chi connectivity index (χ0n) is 14.4. The third kappa shape index (κ3) is 4.13. The van der Waals surface area contributed by atoms with E-state index < -0.39 is 12.0 Å². The van der Waals surface area contributed by atoms with Gasteiger partial charge < -0.3 is 14.9 Å². The van der Waals surface area contributed by atoms with E-state index >= 15 is 0 Å². The average Bonchev–Trinajstić information content (AvgIpc) is 2.51. The van der Waals surface area contributed by atoms with Gasteiger partial charge in [0.2, 0.25) is 11.8 Å². The SMILES string of the molecule is CC(C)CC(=O)N1Cc2ccccc2CC1C(=O)N(C)CC(=O)O. The summed E-state index contributed by atoms with van der Waals surface area (Å²) in [4.78, 5) is 39.0. The maximum absolute atomic E-state index is 12.7. The molecule has 1 N–H and O–H groups in total. The van der Waals surface area contributed by atoms with Crippen molar-refractivity contribution < 1.29 is 19.5 Å². The Morgan fingerprint density at radius 2 is 1.88 bits per heavy atom. The van der Waals surface area contributed by atoms with Gasteiger partial charge in [0, 0.05) is 26.4 Å². The number of likely N-dealkylation sites (N-methyl/N-ethyl adjacent to an activating group) is 1. The van der Waals surface area contributed by atoms with E-state index in [1.54, 1.807) is 4.90 Å². The minimum atomic E-state index is -1.07. The van der Waals surface area contributed by atoms with Gasteiger partial charge in [0.25, 0.3) is 0 Å². The molecule has 0 radical (unpaired) electrons. The Balaban J connectivity index is 2.28. The molecule has 0 saturated carbocycles. The van der Waals surface area contributed by atoms with E-state index in [-0.39, 0.29) is 24.3 Å². The van der Waals surface area contributed by atoms with Gasteiger partial charge in [-0.25, -0.2) is 0 Å². The predicted molar refractivity (Wildman–Crippen MR) is 89.2 cm³/mol. The van der Waals surface area contributed by atoms with Crippen LogP contribution in [0.2, 0.25) is 0 Å². The molecular formula is C18H24N2O4. The second kappa shape index (κ2) is 7.47. The van der Waals surface area contributed by atoms with Crippen LogP contribution in [-0.4, -0.2) is 52.3 Å². The van der Waals surface area contributed by atoms with Crippen LogP contribution in [0.3, 0.4) is 0 Å². The van der Waals surface area contributed by atoms with Gasteiger partial charge in [0.1, 0.15) is 12.6 Å². The fraction of sp³-hybridized carbons (Fsp3) is 0.500. The first kappa shape index (κ1) is 18.0. The van der Waals surface area contributed by atoms with E-state index in [0.29, 0.717) is 19.4 Å². The van der Waals surface area contributed by atoms with E-state index in [2.05, 4.69) is 0 Å². The van der Waals surface area contributed by atoms with Crippen molar-refractivity contribution in [2.45, 2.75) is 39.3 Å². The summed E-state index contributed by atoms with van der Waals surface area (Å²) in [5.41, 5.74) is 2.08. The number of aliphatic carboxylic acids is 1. The highest BCUT2D eigenvalue weighted by molar-refractivity contribution is 5.90. The van der Waals surface area contributed by atoms with Crippen LogP contribution in [0.4, 0.5) is 0 Å². The summed E-state index contributed by atoms with van der Waals surface area (Å²) in [6.45, 7) is 3.94. The molecule has 24 heavy (non-hydrogen) atoms. The lowest BCUT2D eigenvalue weighted by atomic mass is 9.92. The van der Waals surface area contributed by atoms with Crippen LogP contribution in [-0.2, 0) is 27.3 Å². The number of nitrogens with zero attached hydrogens (tertiary/aromatic N) is 2. The predicted octanol–water partition coefficient (Wildman–Crippen LogP) is 1.53. The van der Waals surface area contributed by atoms with Crippen LogP contribution in [0.1, 0.15) is 31.4 Å². The molecule has 1 unspecified atom stereocenters. The lowest BCUT2D eigenvalue weighted by molar-refractivity contribution is -0.150. The number of benzene rings is 1. The summed E-state index contributed by atoms with van der Waals surface area (Å²) >= 11 is 0. The quantitative estimate of drug-likeness (QED) is 0.887. The Kier molecular flexibility index (Phi) is 5.59. The first-order chi connectivity index (χ1) is 11.3. The van der Waals surface area contributed by atoms with Crippen LogP contribution in [0.15, 0.2) is 24.3 Å². The number of fused-ring (bicyclic) bond motifs is 1. The number of rotatable bonds is 5. The zero-order valence-corrected chi connectivity index (χ0v) is 14.4. The zero-order chi connectivity index (χ0) is 17.9. The minimum Gasteiger partial charge on any atom is -0.480 e. The van der Waals surface area contributed by atoms with Crippen molar-refractivity contribution in [1.29, 1.82) is 0 Å². The van der Waals surface area contributed by atoms with Crippen molar-refractivity contribution >= 4 is 17.8 Å². The fourth-order valence-electron chi connectivity index (χ4n) is 3.01. The van der Waals surface area contributed by atoms with Crippen molar-refractivity contribution in [3.63, 3.8) is 0 Å². The van der Waals surface area contributed by atoms with Crippen LogP contribution >= 0.6 is 0 Å². The molecule has 1 aromatic rings. The van der Waals surface area contributed by atoms with Crippen molar-refractivity contribution in [3.05, 3.63) is 35.4 Å². The molecule has 1 heterocycles. The van der Waals surface area contributed by atoms with E-state index in [1.165, 1.54) is 11.9 Å². The first-order valence-electron chi connectivity index (χ1n) is 8.12. The van der Waals surface area contributed by atoms with Gasteiger partial charge in [-0.3, -0.25) is 14.4 Å². The van der Waals surface area contributed by atoms with E-state index in [1.807, 2.05) is 38.1 Å². The van der Waals surface area contributed by atoms with Gasteiger partial charge in [-0.1, -0.05) is 38.1 Å². The molecule has 6 nitrogen and oxygen atoms in total. The highest BCUT2D eigenvalue weighted by Gasteiger charge is 2.36. The number of amides is 2. The largest absolute Gasteiger partial charge is 0.480 e. The van der Waals surface area contributed by atoms with Gasteiger partial charge >= 0.3 is 5.97 Å². The summed E-state index contributed by atoms with van der Waals surface area (Å²) in [6, 6.07) is 7.11. The highest BCUT2D eigenvalue weighted by Crippen LogP contribution is 2.25. The van der Waals surface area contributed by atoms with Gasteiger partial charge in [-0.2, -0.15) is 0 Å². The number of hydrogen-bond acceptors (Lipinski definition) is 3. The number of hydrogen-bond donors (Lipinski definition) is 1. The van der Waals surface area contributed by atoms with Gasteiger partial charge in [0.05, 0.1) is 0 Å². The Morgan fingerprint density at radius 1 is 1.25 bits per heavy atom. The summed E-state index contributed by atoms with van der Waals surface area (Å²) in [5, 5.41) is 8.91. The van der Waals surface area contributed by atoms with Crippen LogP contribution < -0.4 is 0 Å². The molecule has 1 aromatic carbocycles. The number of carboxylic acid groups (broad SMARTS) is 1. The summed E-state index contributed by atoms with van der Waals surface area (Å²) in [7, 11) is 1.46.